The number of hydrogen-bond donors (Lipinski definition) is 0. The zero-order valence-corrected chi connectivity index (χ0v) is 14.3. The summed E-state index contributed by atoms with van der Waals surface area (Å²) in [4.78, 5) is 13.9. The van der Waals surface area contributed by atoms with E-state index in [9.17, 15) is 4.79 Å². The van der Waals surface area contributed by atoms with E-state index >= 15 is 0 Å². The minimum atomic E-state index is -0.197. The van der Waals surface area contributed by atoms with E-state index in [-0.39, 0.29) is 18.3 Å². The summed E-state index contributed by atoms with van der Waals surface area (Å²) in [5, 5.41) is 0. The largest absolute Gasteiger partial charge is 0.484 e. The molecule has 2 aromatic rings. The SMILES string of the molecule is C=CCN(CC=C)C(=O)c1ccc(COc2ccccc2Br)o1. The molecule has 2 rings (SSSR count). The number of benzene rings is 1. The Morgan fingerprint density at radius 3 is 2.52 bits per heavy atom. The van der Waals surface area contributed by atoms with Crippen LogP contribution < -0.4 is 4.74 Å². The molecule has 0 saturated carbocycles. The molecule has 0 saturated heterocycles. The minimum absolute atomic E-state index is 0.197. The third-order valence-electron chi connectivity index (χ3n) is 3.07. The Hall–Kier alpha value is -2.27. The fraction of sp³-hybridized carbons (Fsp3) is 0.167. The molecule has 0 spiro atoms. The molecule has 0 radical (unpaired) electrons. The molecule has 1 amide bonds. The number of carbonyl (C=O) groups is 1. The second-order valence-electron chi connectivity index (χ2n) is 4.77. The summed E-state index contributed by atoms with van der Waals surface area (Å²) in [5.74, 6) is 1.38. The smallest absolute Gasteiger partial charge is 0.290 e. The van der Waals surface area contributed by atoms with Crippen LogP contribution in [0.25, 0.3) is 0 Å². The lowest BCUT2D eigenvalue weighted by Gasteiger charge is -2.17. The van der Waals surface area contributed by atoms with Crippen molar-refractivity contribution in [2.24, 2.45) is 0 Å². The van der Waals surface area contributed by atoms with Crippen molar-refractivity contribution in [3.05, 3.63) is 77.7 Å². The molecule has 0 aliphatic heterocycles. The van der Waals surface area contributed by atoms with E-state index in [0.29, 0.717) is 18.8 Å². The van der Waals surface area contributed by atoms with E-state index in [1.807, 2.05) is 24.3 Å². The Balaban J connectivity index is 2.02. The number of carbonyl (C=O) groups excluding carboxylic acids is 1. The van der Waals surface area contributed by atoms with Crippen molar-refractivity contribution in [1.82, 2.24) is 4.90 Å². The van der Waals surface area contributed by atoms with E-state index in [1.54, 1.807) is 29.2 Å². The number of rotatable bonds is 8. The van der Waals surface area contributed by atoms with E-state index in [2.05, 4.69) is 29.1 Å². The Bertz CT molecular complexity index is 683. The van der Waals surface area contributed by atoms with Crippen molar-refractivity contribution in [2.45, 2.75) is 6.61 Å². The van der Waals surface area contributed by atoms with Gasteiger partial charge in [-0.1, -0.05) is 24.3 Å². The zero-order chi connectivity index (χ0) is 16.7. The average Bonchev–Trinajstić information content (AvgIpc) is 3.02. The predicted octanol–water partition coefficient (Wildman–Crippen LogP) is 4.44. The molecule has 4 nitrogen and oxygen atoms in total. The first-order valence-corrected chi connectivity index (χ1v) is 7.92. The molecule has 1 aromatic heterocycles. The third kappa shape index (κ3) is 4.60. The molecule has 0 aliphatic carbocycles. The normalized spacial score (nSPS) is 10.1. The van der Waals surface area contributed by atoms with Crippen LogP contribution >= 0.6 is 15.9 Å². The Morgan fingerprint density at radius 2 is 1.87 bits per heavy atom. The summed E-state index contributed by atoms with van der Waals surface area (Å²) in [6.07, 6.45) is 3.34. The number of para-hydroxylation sites is 1. The molecule has 5 heteroatoms. The fourth-order valence-electron chi connectivity index (χ4n) is 1.99. The van der Waals surface area contributed by atoms with Crippen molar-refractivity contribution in [2.75, 3.05) is 13.1 Å². The highest BCUT2D eigenvalue weighted by molar-refractivity contribution is 9.10. The molecule has 23 heavy (non-hydrogen) atoms. The number of hydrogen-bond acceptors (Lipinski definition) is 3. The fourth-order valence-corrected chi connectivity index (χ4v) is 2.39. The third-order valence-corrected chi connectivity index (χ3v) is 3.72. The van der Waals surface area contributed by atoms with Crippen LogP contribution in [-0.2, 0) is 6.61 Å². The van der Waals surface area contributed by atoms with Gasteiger partial charge in [0.15, 0.2) is 5.76 Å². The first-order chi connectivity index (χ1) is 11.2. The van der Waals surface area contributed by atoms with Crippen LogP contribution in [-0.4, -0.2) is 23.9 Å². The van der Waals surface area contributed by atoms with Crippen LogP contribution in [0.1, 0.15) is 16.3 Å². The number of ether oxygens (including phenoxy) is 1. The maximum Gasteiger partial charge on any atom is 0.290 e. The van der Waals surface area contributed by atoms with Gasteiger partial charge in [-0.15, -0.1) is 13.2 Å². The molecule has 0 bridgehead atoms. The van der Waals surface area contributed by atoms with Gasteiger partial charge in [-0.3, -0.25) is 4.79 Å². The highest BCUT2D eigenvalue weighted by Gasteiger charge is 2.17. The maximum atomic E-state index is 12.4. The molecular weight excluding hydrogens is 358 g/mol. The summed E-state index contributed by atoms with van der Waals surface area (Å²) < 4.78 is 12.1. The molecule has 120 valence electrons. The van der Waals surface area contributed by atoms with Crippen LogP contribution in [0, 0.1) is 0 Å². The van der Waals surface area contributed by atoms with E-state index in [0.717, 1.165) is 10.2 Å². The van der Waals surface area contributed by atoms with Gasteiger partial charge in [-0.05, 0) is 40.2 Å². The van der Waals surface area contributed by atoms with Gasteiger partial charge in [0.2, 0.25) is 0 Å². The highest BCUT2D eigenvalue weighted by Crippen LogP contribution is 2.25. The van der Waals surface area contributed by atoms with Gasteiger partial charge < -0.3 is 14.1 Å². The lowest BCUT2D eigenvalue weighted by Crippen LogP contribution is -2.30. The summed E-state index contributed by atoms with van der Waals surface area (Å²) in [6.45, 7) is 8.43. The summed E-state index contributed by atoms with van der Waals surface area (Å²) >= 11 is 3.42. The monoisotopic (exact) mass is 375 g/mol. The molecular formula is C18H18BrNO3. The number of halogens is 1. The molecule has 0 atom stereocenters. The van der Waals surface area contributed by atoms with Crippen LogP contribution in [0.15, 0.2) is 70.6 Å². The summed E-state index contributed by atoms with van der Waals surface area (Å²) in [7, 11) is 0. The molecule has 0 N–H and O–H groups in total. The minimum Gasteiger partial charge on any atom is -0.484 e. The zero-order valence-electron chi connectivity index (χ0n) is 12.7. The van der Waals surface area contributed by atoms with E-state index in [4.69, 9.17) is 9.15 Å². The number of furan rings is 1. The topological polar surface area (TPSA) is 42.7 Å². The van der Waals surface area contributed by atoms with Gasteiger partial charge in [0.05, 0.1) is 4.47 Å². The summed E-state index contributed by atoms with van der Waals surface area (Å²) in [5.41, 5.74) is 0. The first kappa shape index (κ1) is 17.1. The summed E-state index contributed by atoms with van der Waals surface area (Å²) in [6, 6.07) is 10.9. The lowest BCUT2D eigenvalue weighted by molar-refractivity contribution is 0.0755. The van der Waals surface area contributed by atoms with Crippen LogP contribution in [0.5, 0.6) is 5.75 Å². The quantitative estimate of drug-likeness (QED) is 0.640. The van der Waals surface area contributed by atoms with E-state index in [1.165, 1.54) is 0 Å². The Morgan fingerprint density at radius 1 is 1.17 bits per heavy atom. The van der Waals surface area contributed by atoms with Gasteiger partial charge >= 0.3 is 0 Å². The van der Waals surface area contributed by atoms with Crippen molar-refractivity contribution in [1.29, 1.82) is 0 Å². The second kappa shape index (κ2) is 8.39. The molecule has 1 aromatic carbocycles. The van der Waals surface area contributed by atoms with Crippen molar-refractivity contribution in [3.63, 3.8) is 0 Å². The number of nitrogens with zero attached hydrogens (tertiary/aromatic N) is 1. The van der Waals surface area contributed by atoms with Crippen molar-refractivity contribution >= 4 is 21.8 Å². The van der Waals surface area contributed by atoms with Crippen LogP contribution in [0.2, 0.25) is 0 Å². The van der Waals surface area contributed by atoms with Gasteiger partial charge in [-0.25, -0.2) is 0 Å². The first-order valence-electron chi connectivity index (χ1n) is 7.12. The van der Waals surface area contributed by atoms with Gasteiger partial charge in [0.25, 0.3) is 5.91 Å². The Labute approximate surface area is 144 Å². The van der Waals surface area contributed by atoms with Gasteiger partial charge in [0.1, 0.15) is 18.1 Å². The van der Waals surface area contributed by atoms with Gasteiger partial charge in [-0.2, -0.15) is 0 Å². The van der Waals surface area contributed by atoms with Crippen LogP contribution in [0.3, 0.4) is 0 Å². The lowest BCUT2D eigenvalue weighted by atomic mass is 10.3. The van der Waals surface area contributed by atoms with Crippen molar-refractivity contribution < 1.29 is 13.9 Å². The van der Waals surface area contributed by atoms with Crippen molar-refractivity contribution in [3.8, 4) is 5.75 Å². The van der Waals surface area contributed by atoms with Gasteiger partial charge in [0, 0.05) is 13.1 Å². The molecule has 1 heterocycles. The molecule has 0 aliphatic rings. The molecule has 0 fully saturated rings. The second-order valence-corrected chi connectivity index (χ2v) is 5.63. The molecule has 0 unspecified atom stereocenters. The van der Waals surface area contributed by atoms with E-state index < -0.39 is 0 Å². The maximum absolute atomic E-state index is 12.4. The standard InChI is InChI=1S/C18H18BrNO3/c1-3-11-20(12-4-2)18(21)17-10-9-14(23-17)13-22-16-8-6-5-7-15(16)19/h3-10H,1-2,11-13H2. The van der Waals surface area contributed by atoms with Crippen LogP contribution in [0.4, 0.5) is 0 Å². The Kier molecular flexibility index (Phi) is 6.23. The predicted molar refractivity (Wildman–Crippen MR) is 93.5 cm³/mol. The number of amides is 1. The highest BCUT2D eigenvalue weighted by atomic mass is 79.9. The average molecular weight is 376 g/mol.